The quantitative estimate of drug-likeness (QED) is 0.530. The standard InChI is InChI=1S/C23H32F4O/c1-14-3-12-19(21(25)20(14)24)22(28)18-10-8-17(9-11-18)16-6-4-15(5-7-16)13-23(2,26)27/h3,12,15-18,22,28H,4-11,13H2,1-2H3. The van der Waals surface area contributed by atoms with Gasteiger partial charge in [0.2, 0.25) is 5.92 Å². The van der Waals surface area contributed by atoms with Crippen LogP contribution in [0.15, 0.2) is 12.1 Å². The first-order valence-corrected chi connectivity index (χ1v) is 10.7. The second-order valence-electron chi connectivity index (χ2n) is 9.27. The van der Waals surface area contributed by atoms with Gasteiger partial charge in [0.05, 0.1) is 6.10 Å². The van der Waals surface area contributed by atoms with E-state index in [1.165, 1.54) is 19.1 Å². The third kappa shape index (κ3) is 5.08. The summed E-state index contributed by atoms with van der Waals surface area (Å²) in [4.78, 5) is 0. The van der Waals surface area contributed by atoms with Gasteiger partial charge in [0.25, 0.3) is 0 Å². The molecule has 0 aliphatic heterocycles. The first-order valence-electron chi connectivity index (χ1n) is 10.7. The fourth-order valence-corrected chi connectivity index (χ4v) is 5.45. The molecule has 0 saturated heterocycles. The van der Waals surface area contributed by atoms with Gasteiger partial charge in [-0.3, -0.25) is 0 Å². The molecule has 0 spiro atoms. The van der Waals surface area contributed by atoms with Crippen molar-refractivity contribution in [2.75, 3.05) is 0 Å². The molecule has 1 N–H and O–H groups in total. The van der Waals surface area contributed by atoms with E-state index < -0.39 is 23.7 Å². The second kappa shape index (κ2) is 8.73. The van der Waals surface area contributed by atoms with E-state index in [0.29, 0.717) is 11.8 Å². The Bertz CT molecular complexity index is 653. The Morgan fingerprint density at radius 1 is 0.929 bits per heavy atom. The fraction of sp³-hybridized carbons (Fsp3) is 0.739. The SMILES string of the molecule is Cc1ccc(C(O)C2CCC(C3CCC(CC(C)(F)F)CC3)CC2)c(F)c1F. The van der Waals surface area contributed by atoms with Crippen LogP contribution in [0.5, 0.6) is 0 Å². The van der Waals surface area contributed by atoms with Crippen LogP contribution in [0.1, 0.15) is 81.9 Å². The zero-order valence-corrected chi connectivity index (χ0v) is 16.9. The molecule has 0 radical (unpaired) electrons. The molecule has 2 saturated carbocycles. The number of alkyl halides is 2. The average Bonchev–Trinajstić information content (AvgIpc) is 2.65. The van der Waals surface area contributed by atoms with Crippen LogP contribution < -0.4 is 0 Å². The van der Waals surface area contributed by atoms with Gasteiger partial charge in [0, 0.05) is 12.0 Å². The van der Waals surface area contributed by atoms with Crippen molar-refractivity contribution >= 4 is 0 Å². The highest BCUT2D eigenvalue weighted by molar-refractivity contribution is 5.27. The lowest BCUT2D eigenvalue weighted by atomic mass is 9.67. The monoisotopic (exact) mass is 400 g/mol. The molecule has 5 heteroatoms. The summed E-state index contributed by atoms with van der Waals surface area (Å²) < 4.78 is 54.5. The summed E-state index contributed by atoms with van der Waals surface area (Å²) in [5.74, 6) is -3.16. The Morgan fingerprint density at radius 3 is 2.00 bits per heavy atom. The Hall–Kier alpha value is -1.10. The minimum Gasteiger partial charge on any atom is -0.388 e. The fourth-order valence-electron chi connectivity index (χ4n) is 5.45. The van der Waals surface area contributed by atoms with Crippen molar-refractivity contribution in [2.24, 2.45) is 23.7 Å². The average molecular weight is 401 g/mol. The molecule has 1 aromatic rings. The number of aliphatic hydroxyl groups excluding tert-OH is 1. The molecular formula is C23H32F4O. The third-order valence-corrected chi connectivity index (χ3v) is 7.09. The van der Waals surface area contributed by atoms with Gasteiger partial charge >= 0.3 is 0 Å². The first-order chi connectivity index (χ1) is 13.2. The third-order valence-electron chi connectivity index (χ3n) is 7.09. The van der Waals surface area contributed by atoms with E-state index in [0.717, 1.165) is 58.3 Å². The van der Waals surface area contributed by atoms with Crippen LogP contribution in [0, 0.1) is 42.2 Å². The largest absolute Gasteiger partial charge is 0.388 e. The maximum Gasteiger partial charge on any atom is 0.245 e. The Morgan fingerprint density at radius 2 is 1.46 bits per heavy atom. The van der Waals surface area contributed by atoms with Crippen molar-refractivity contribution in [1.29, 1.82) is 0 Å². The number of benzene rings is 1. The van der Waals surface area contributed by atoms with Crippen LogP contribution in [0.25, 0.3) is 0 Å². The summed E-state index contributed by atoms with van der Waals surface area (Å²) in [6, 6.07) is 3.01. The normalized spacial score (nSPS) is 30.2. The number of aryl methyl sites for hydroxylation is 1. The zero-order valence-electron chi connectivity index (χ0n) is 16.9. The molecule has 28 heavy (non-hydrogen) atoms. The minimum absolute atomic E-state index is 0.00265. The number of aliphatic hydroxyl groups is 1. The van der Waals surface area contributed by atoms with E-state index in [1.54, 1.807) is 0 Å². The van der Waals surface area contributed by atoms with Gasteiger partial charge in [-0.15, -0.1) is 0 Å². The zero-order chi connectivity index (χ0) is 20.5. The van der Waals surface area contributed by atoms with Crippen LogP contribution in [0.3, 0.4) is 0 Å². The van der Waals surface area contributed by atoms with E-state index in [9.17, 15) is 22.7 Å². The van der Waals surface area contributed by atoms with Crippen molar-refractivity contribution in [3.05, 3.63) is 34.9 Å². The molecule has 1 aromatic carbocycles. The molecule has 2 fully saturated rings. The minimum atomic E-state index is -2.57. The molecule has 1 atom stereocenters. The summed E-state index contributed by atoms with van der Waals surface area (Å²) in [6.07, 6.45) is 6.34. The van der Waals surface area contributed by atoms with Crippen LogP contribution >= 0.6 is 0 Å². The topological polar surface area (TPSA) is 20.2 Å². The van der Waals surface area contributed by atoms with Crippen LogP contribution in [0.2, 0.25) is 0 Å². The summed E-state index contributed by atoms with van der Waals surface area (Å²) in [6.45, 7) is 2.52. The molecule has 1 nitrogen and oxygen atoms in total. The Labute approximate surface area is 165 Å². The van der Waals surface area contributed by atoms with Crippen LogP contribution in [-0.2, 0) is 0 Å². The predicted molar refractivity (Wildman–Crippen MR) is 102 cm³/mol. The lowest BCUT2D eigenvalue weighted by Crippen LogP contribution is -2.29. The molecule has 0 amide bonds. The summed E-state index contributed by atoms with van der Waals surface area (Å²) in [5.41, 5.74) is 0.307. The molecule has 0 aromatic heterocycles. The number of halogens is 4. The molecule has 1 unspecified atom stereocenters. The molecule has 0 bridgehead atoms. The smallest absolute Gasteiger partial charge is 0.245 e. The van der Waals surface area contributed by atoms with E-state index in [-0.39, 0.29) is 29.4 Å². The van der Waals surface area contributed by atoms with Gasteiger partial charge in [-0.05, 0) is 94.4 Å². The first kappa shape index (κ1) is 21.6. The Kier molecular flexibility index (Phi) is 6.73. The highest BCUT2D eigenvalue weighted by Gasteiger charge is 2.36. The summed E-state index contributed by atoms with van der Waals surface area (Å²) >= 11 is 0. The van der Waals surface area contributed by atoms with Crippen molar-refractivity contribution in [2.45, 2.75) is 83.7 Å². The Balaban J connectivity index is 1.51. The lowest BCUT2D eigenvalue weighted by Gasteiger charge is -2.39. The van der Waals surface area contributed by atoms with Gasteiger partial charge in [-0.1, -0.05) is 12.1 Å². The van der Waals surface area contributed by atoms with Gasteiger partial charge in [0.15, 0.2) is 11.6 Å². The second-order valence-corrected chi connectivity index (χ2v) is 9.27. The summed E-state index contributed by atoms with van der Waals surface area (Å²) in [7, 11) is 0. The molecular weight excluding hydrogens is 368 g/mol. The van der Waals surface area contributed by atoms with Gasteiger partial charge in [-0.2, -0.15) is 0 Å². The van der Waals surface area contributed by atoms with Gasteiger partial charge < -0.3 is 5.11 Å². The van der Waals surface area contributed by atoms with E-state index in [2.05, 4.69) is 0 Å². The van der Waals surface area contributed by atoms with E-state index >= 15 is 0 Å². The van der Waals surface area contributed by atoms with Crippen LogP contribution in [-0.4, -0.2) is 11.0 Å². The highest BCUT2D eigenvalue weighted by atomic mass is 19.3. The van der Waals surface area contributed by atoms with Crippen molar-refractivity contribution < 1.29 is 22.7 Å². The summed E-state index contributed by atoms with van der Waals surface area (Å²) in [5, 5.41) is 10.6. The van der Waals surface area contributed by atoms with Crippen LogP contribution in [0.4, 0.5) is 17.6 Å². The maximum atomic E-state index is 14.2. The van der Waals surface area contributed by atoms with Gasteiger partial charge in [0.1, 0.15) is 0 Å². The molecule has 2 aliphatic carbocycles. The maximum absolute atomic E-state index is 14.2. The number of rotatable bonds is 5. The number of hydrogen-bond acceptors (Lipinski definition) is 1. The van der Waals surface area contributed by atoms with Crippen molar-refractivity contribution in [3.63, 3.8) is 0 Å². The molecule has 2 aliphatic rings. The molecule has 0 heterocycles. The lowest BCUT2D eigenvalue weighted by molar-refractivity contribution is -0.0139. The van der Waals surface area contributed by atoms with Gasteiger partial charge in [-0.25, -0.2) is 17.6 Å². The van der Waals surface area contributed by atoms with Crippen molar-refractivity contribution in [3.8, 4) is 0 Å². The highest BCUT2D eigenvalue weighted by Crippen LogP contribution is 2.45. The van der Waals surface area contributed by atoms with E-state index in [1.807, 2.05) is 0 Å². The molecule has 3 rings (SSSR count). The predicted octanol–water partition coefficient (Wildman–Crippen LogP) is 6.96. The van der Waals surface area contributed by atoms with E-state index in [4.69, 9.17) is 0 Å². The van der Waals surface area contributed by atoms with Crippen molar-refractivity contribution in [1.82, 2.24) is 0 Å². The number of hydrogen-bond donors (Lipinski definition) is 1. The molecule has 158 valence electrons.